The number of anilines is 1. The van der Waals surface area contributed by atoms with Gasteiger partial charge >= 0.3 is 0 Å². The van der Waals surface area contributed by atoms with Crippen LogP contribution < -0.4 is 14.8 Å². The lowest BCUT2D eigenvalue weighted by atomic mass is 10.0. The maximum atomic E-state index is 15.2. The van der Waals surface area contributed by atoms with Crippen LogP contribution in [0.2, 0.25) is 0 Å². The number of benzene rings is 3. The van der Waals surface area contributed by atoms with Crippen molar-refractivity contribution in [3.63, 3.8) is 0 Å². The van der Waals surface area contributed by atoms with Crippen molar-refractivity contribution in [2.45, 2.75) is 38.1 Å². The zero-order valence-corrected chi connectivity index (χ0v) is 22.6. The highest BCUT2D eigenvalue weighted by Gasteiger charge is 2.25. The number of aryl methyl sites for hydroxylation is 1. The number of ether oxygens (including phenoxy) is 1. The molecule has 0 radical (unpaired) electrons. The molecule has 8 nitrogen and oxygen atoms in total. The number of hydrogen-bond acceptors (Lipinski definition) is 5. The van der Waals surface area contributed by atoms with E-state index in [2.05, 4.69) is 15.1 Å². The van der Waals surface area contributed by atoms with Gasteiger partial charge in [-0.1, -0.05) is 24.3 Å². The third-order valence-corrected chi connectivity index (χ3v) is 7.34. The molecule has 0 atom stereocenters. The highest BCUT2D eigenvalue weighted by atomic mass is 32.2. The molecule has 0 bridgehead atoms. The standard InChI is InChI=1S/C28H29FN4O4S/c1-18-16-25(33(31-18)20-11-13-21(37-5)14-12-20)27(34)30-24-15-10-19(17-23(24)29)22-8-6-7-9-26(22)38(35,36)32-28(2,3)4/h6-17,32H,1-5H3,(H,30,34). The van der Waals surface area contributed by atoms with E-state index in [-0.39, 0.29) is 16.3 Å². The molecule has 0 fully saturated rings. The number of sulfonamides is 1. The maximum Gasteiger partial charge on any atom is 0.274 e. The van der Waals surface area contributed by atoms with Crippen LogP contribution in [0.5, 0.6) is 5.75 Å². The summed E-state index contributed by atoms with van der Waals surface area (Å²) in [5, 5.41) is 6.99. The van der Waals surface area contributed by atoms with Gasteiger partial charge in [-0.15, -0.1) is 0 Å². The van der Waals surface area contributed by atoms with Crippen LogP contribution in [0.25, 0.3) is 16.8 Å². The number of halogens is 1. The minimum absolute atomic E-state index is 0.0324. The third-order valence-electron chi connectivity index (χ3n) is 5.53. The molecule has 1 aromatic heterocycles. The van der Waals surface area contributed by atoms with Gasteiger partial charge in [0.05, 0.1) is 29.1 Å². The largest absolute Gasteiger partial charge is 0.497 e. The molecule has 38 heavy (non-hydrogen) atoms. The third kappa shape index (κ3) is 5.92. The van der Waals surface area contributed by atoms with Gasteiger partial charge in [-0.25, -0.2) is 22.2 Å². The predicted molar refractivity (Wildman–Crippen MR) is 145 cm³/mol. The van der Waals surface area contributed by atoms with E-state index in [0.29, 0.717) is 28.3 Å². The summed E-state index contributed by atoms with van der Waals surface area (Å²) in [6.07, 6.45) is 0. The van der Waals surface area contributed by atoms with Crippen molar-refractivity contribution in [2.24, 2.45) is 0 Å². The number of rotatable bonds is 7. The Morgan fingerprint density at radius 3 is 2.32 bits per heavy atom. The average molecular weight is 537 g/mol. The van der Waals surface area contributed by atoms with Crippen LogP contribution in [0.1, 0.15) is 37.0 Å². The lowest BCUT2D eigenvalue weighted by Gasteiger charge is -2.21. The van der Waals surface area contributed by atoms with Crippen LogP contribution in [0.4, 0.5) is 10.1 Å². The molecule has 1 amide bonds. The number of methoxy groups -OCH3 is 1. The molecule has 0 unspecified atom stereocenters. The lowest BCUT2D eigenvalue weighted by Crippen LogP contribution is -2.40. The monoisotopic (exact) mass is 536 g/mol. The molecule has 0 aliphatic heterocycles. The summed E-state index contributed by atoms with van der Waals surface area (Å²) in [4.78, 5) is 13.2. The van der Waals surface area contributed by atoms with E-state index >= 15 is 4.39 Å². The predicted octanol–water partition coefficient (Wildman–Crippen LogP) is 5.32. The highest BCUT2D eigenvalue weighted by molar-refractivity contribution is 7.89. The van der Waals surface area contributed by atoms with Crippen LogP contribution in [0.15, 0.2) is 77.7 Å². The summed E-state index contributed by atoms with van der Waals surface area (Å²) >= 11 is 0. The van der Waals surface area contributed by atoms with E-state index in [1.807, 2.05) is 0 Å². The van der Waals surface area contributed by atoms with Crippen molar-refractivity contribution in [2.75, 3.05) is 12.4 Å². The number of aromatic nitrogens is 2. The second-order valence-electron chi connectivity index (χ2n) is 9.78. The first kappa shape index (κ1) is 27.0. The Labute approximate surface area is 221 Å². The first-order valence-electron chi connectivity index (χ1n) is 11.8. The van der Waals surface area contributed by atoms with Crippen LogP contribution in [0.3, 0.4) is 0 Å². The number of nitrogens with one attached hydrogen (secondary N) is 2. The van der Waals surface area contributed by atoms with Gasteiger partial charge in [0.2, 0.25) is 10.0 Å². The Morgan fingerprint density at radius 2 is 1.68 bits per heavy atom. The van der Waals surface area contributed by atoms with Crippen molar-refractivity contribution in [1.82, 2.24) is 14.5 Å². The molecule has 0 saturated carbocycles. The molecule has 4 rings (SSSR count). The SMILES string of the molecule is COc1ccc(-n2nc(C)cc2C(=O)Nc2ccc(-c3ccccc3S(=O)(=O)NC(C)(C)C)cc2F)cc1. The number of hydrogen-bond donors (Lipinski definition) is 2. The van der Waals surface area contributed by atoms with Gasteiger partial charge in [-0.05, 0) is 81.8 Å². The van der Waals surface area contributed by atoms with E-state index in [9.17, 15) is 13.2 Å². The quantitative estimate of drug-likeness (QED) is 0.333. The zero-order chi connectivity index (χ0) is 27.7. The zero-order valence-electron chi connectivity index (χ0n) is 21.7. The first-order valence-corrected chi connectivity index (χ1v) is 13.3. The van der Waals surface area contributed by atoms with Crippen molar-refractivity contribution < 1.29 is 22.3 Å². The maximum absolute atomic E-state index is 15.2. The fourth-order valence-corrected chi connectivity index (χ4v) is 5.60. The Bertz CT molecular complexity index is 1590. The smallest absolute Gasteiger partial charge is 0.274 e. The Balaban J connectivity index is 1.63. The van der Waals surface area contributed by atoms with Crippen molar-refractivity contribution in [3.05, 3.63) is 90.0 Å². The number of amides is 1. The molecular formula is C28H29FN4O4S. The fraction of sp³-hybridized carbons (Fsp3) is 0.214. The van der Waals surface area contributed by atoms with E-state index in [1.165, 1.54) is 22.9 Å². The summed E-state index contributed by atoms with van der Waals surface area (Å²) in [5.41, 5.74) is 1.43. The Hall–Kier alpha value is -4.02. The fourth-order valence-electron chi connectivity index (χ4n) is 3.95. The van der Waals surface area contributed by atoms with Gasteiger partial charge in [0.1, 0.15) is 17.3 Å². The molecule has 2 N–H and O–H groups in total. The molecule has 0 aliphatic carbocycles. The Morgan fingerprint density at radius 1 is 1.00 bits per heavy atom. The summed E-state index contributed by atoms with van der Waals surface area (Å²) in [5.74, 6) is -0.598. The summed E-state index contributed by atoms with van der Waals surface area (Å²) in [7, 11) is -2.31. The molecule has 10 heteroatoms. The van der Waals surface area contributed by atoms with Gasteiger partial charge in [-0.3, -0.25) is 4.79 Å². The van der Waals surface area contributed by atoms with Gasteiger partial charge < -0.3 is 10.1 Å². The van der Waals surface area contributed by atoms with E-state index in [1.54, 1.807) is 89.4 Å². The van der Waals surface area contributed by atoms with Crippen molar-refractivity contribution in [1.29, 1.82) is 0 Å². The molecule has 4 aromatic rings. The molecule has 198 valence electrons. The normalized spacial score (nSPS) is 11.8. The second-order valence-corrected chi connectivity index (χ2v) is 11.4. The highest BCUT2D eigenvalue weighted by Crippen LogP contribution is 2.30. The average Bonchev–Trinajstić information content (AvgIpc) is 3.25. The molecule has 0 aliphatic rings. The van der Waals surface area contributed by atoms with Crippen LogP contribution in [-0.2, 0) is 10.0 Å². The molecular weight excluding hydrogens is 507 g/mol. The summed E-state index contributed by atoms with van der Waals surface area (Å²) in [6.45, 7) is 6.98. The molecule has 3 aromatic carbocycles. The van der Waals surface area contributed by atoms with Crippen LogP contribution >= 0.6 is 0 Å². The van der Waals surface area contributed by atoms with Crippen LogP contribution in [-0.4, -0.2) is 36.8 Å². The van der Waals surface area contributed by atoms with Crippen molar-refractivity contribution in [3.8, 4) is 22.6 Å². The Kier molecular flexibility index (Phi) is 7.39. The van der Waals surface area contributed by atoms with Gasteiger partial charge in [0.25, 0.3) is 5.91 Å². The van der Waals surface area contributed by atoms with E-state index in [0.717, 1.165) is 0 Å². The molecule has 1 heterocycles. The van der Waals surface area contributed by atoms with E-state index < -0.39 is 27.3 Å². The number of carbonyl (C=O) groups excluding carboxylic acids is 1. The minimum atomic E-state index is -3.87. The van der Waals surface area contributed by atoms with Gasteiger partial charge in [0, 0.05) is 11.1 Å². The second kappa shape index (κ2) is 10.4. The van der Waals surface area contributed by atoms with Gasteiger partial charge in [0.15, 0.2) is 0 Å². The van der Waals surface area contributed by atoms with Gasteiger partial charge in [-0.2, -0.15) is 5.10 Å². The summed E-state index contributed by atoms with van der Waals surface area (Å²) < 4.78 is 50.5. The number of nitrogens with zero attached hydrogens (tertiary/aromatic N) is 2. The molecule has 0 spiro atoms. The van der Waals surface area contributed by atoms with Crippen molar-refractivity contribution >= 4 is 21.6 Å². The minimum Gasteiger partial charge on any atom is -0.497 e. The first-order chi connectivity index (χ1) is 17.9. The van der Waals surface area contributed by atoms with E-state index in [4.69, 9.17) is 4.74 Å². The van der Waals surface area contributed by atoms with Crippen LogP contribution in [0, 0.1) is 12.7 Å². The molecule has 0 saturated heterocycles. The topological polar surface area (TPSA) is 102 Å². The summed E-state index contributed by atoms with van der Waals surface area (Å²) in [6, 6.07) is 19.2. The lowest BCUT2D eigenvalue weighted by molar-refractivity contribution is 0.101. The number of carbonyl (C=O) groups is 1.